The summed E-state index contributed by atoms with van der Waals surface area (Å²) in [6.45, 7) is 1.90. The lowest BCUT2D eigenvalue weighted by Crippen LogP contribution is -2.30. The molecular weight excluding hydrogens is 185 g/mol. The van der Waals surface area contributed by atoms with Gasteiger partial charge in [0.25, 0.3) is 8.53 Å². The molecule has 0 aromatic rings. The topological polar surface area (TPSA) is 32.7 Å². The van der Waals surface area contributed by atoms with Crippen LogP contribution in [0.3, 0.4) is 0 Å². The summed E-state index contributed by atoms with van der Waals surface area (Å²) in [6.07, 6.45) is 5.37. The molecule has 1 saturated carbocycles. The summed E-state index contributed by atoms with van der Waals surface area (Å²) < 4.78 is 7.63. The van der Waals surface area contributed by atoms with E-state index in [2.05, 4.69) is 4.67 Å². The molecular formula is C9H16NO2P. The molecule has 13 heavy (non-hydrogen) atoms. The van der Waals surface area contributed by atoms with Gasteiger partial charge >= 0.3 is 0 Å². The van der Waals surface area contributed by atoms with E-state index in [1.165, 1.54) is 25.7 Å². The van der Waals surface area contributed by atoms with Crippen molar-refractivity contribution in [3.05, 3.63) is 0 Å². The van der Waals surface area contributed by atoms with Crippen LogP contribution in [0, 0.1) is 11.8 Å². The summed E-state index contributed by atoms with van der Waals surface area (Å²) in [6, 6.07) is 0.650. The molecule has 2 aliphatic heterocycles. The number of rotatable bonds is 0. The van der Waals surface area contributed by atoms with E-state index in [0.717, 1.165) is 25.0 Å². The van der Waals surface area contributed by atoms with Crippen LogP contribution in [0.4, 0.5) is 0 Å². The van der Waals surface area contributed by atoms with Gasteiger partial charge in [-0.2, -0.15) is 0 Å². The van der Waals surface area contributed by atoms with Gasteiger partial charge in [-0.3, -0.25) is 0 Å². The molecule has 0 radical (unpaired) electrons. The van der Waals surface area contributed by atoms with Crippen LogP contribution >= 0.6 is 8.53 Å². The van der Waals surface area contributed by atoms with E-state index < -0.39 is 8.53 Å². The van der Waals surface area contributed by atoms with Crippen LogP contribution in [0.25, 0.3) is 0 Å². The minimum Gasteiger partial charge on any atom is -0.338 e. The van der Waals surface area contributed by atoms with Crippen LogP contribution in [0.1, 0.15) is 25.7 Å². The maximum atomic E-state index is 9.70. The molecule has 2 bridgehead atoms. The van der Waals surface area contributed by atoms with Crippen molar-refractivity contribution in [2.45, 2.75) is 31.7 Å². The number of fused-ring (bicyclic) bond motifs is 5. The Morgan fingerprint density at radius 2 is 2.15 bits per heavy atom. The Bertz CT molecular complexity index is 212. The Kier molecular flexibility index (Phi) is 2.09. The van der Waals surface area contributed by atoms with Crippen LogP contribution in [0.5, 0.6) is 0 Å². The molecule has 3 fully saturated rings. The van der Waals surface area contributed by atoms with E-state index in [9.17, 15) is 4.89 Å². The lowest BCUT2D eigenvalue weighted by molar-refractivity contribution is 0.183. The predicted molar refractivity (Wildman–Crippen MR) is 51.0 cm³/mol. The Labute approximate surface area is 80.0 Å². The van der Waals surface area contributed by atoms with Gasteiger partial charge in [0.05, 0.1) is 6.61 Å². The van der Waals surface area contributed by atoms with Gasteiger partial charge in [0.15, 0.2) is 0 Å². The maximum Gasteiger partial charge on any atom is 0.256 e. The lowest BCUT2D eigenvalue weighted by atomic mass is 9.80. The highest BCUT2D eigenvalue weighted by Gasteiger charge is 2.48. The first-order valence-corrected chi connectivity index (χ1v) is 6.41. The number of hydrogen-bond acceptors (Lipinski definition) is 3. The first-order chi connectivity index (χ1) is 6.36. The predicted octanol–water partition coefficient (Wildman–Crippen LogP) is 1.73. The zero-order valence-corrected chi connectivity index (χ0v) is 8.62. The first-order valence-electron chi connectivity index (χ1n) is 5.25. The van der Waals surface area contributed by atoms with E-state index in [1.807, 2.05) is 0 Å². The summed E-state index contributed by atoms with van der Waals surface area (Å²) in [5.74, 6) is 1.55. The summed E-state index contributed by atoms with van der Waals surface area (Å²) in [5, 5.41) is 0. The largest absolute Gasteiger partial charge is 0.338 e. The minimum absolute atomic E-state index is 0.650. The van der Waals surface area contributed by atoms with Crippen molar-refractivity contribution in [2.75, 3.05) is 13.2 Å². The fourth-order valence-electron chi connectivity index (χ4n) is 3.18. The van der Waals surface area contributed by atoms with Gasteiger partial charge in [0, 0.05) is 18.5 Å². The Hall–Kier alpha value is 0.310. The standard InChI is InChI=1S/C9H16NO2P/c11-13-10-5-7(6-12-13)8-3-1-2-4-9(8)10/h7-9,11H,1-6H2. The molecule has 5 unspecified atom stereocenters. The fraction of sp³-hybridized carbons (Fsp3) is 1.00. The van der Waals surface area contributed by atoms with Gasteiger partial charge < -0.3 is 9.42 Å². The molecule has 4 heteroatoms. The van der Waals surface area contributed by atoms with Crippen molar-refractivity contribution in [3.63, 3.8) is 0 Å². The van der Waals surface area contributed by atoms with Gasteiger partial charge in [-0.1, -0.05) is 12.8 Å². The molecule has 3 aliphatic rings. The molecule has 1 N–H and O–H groups in total. The van der Waals surface area contributed by atoms with E-state index in [0.29, 0.717) is 6.04 Å². The van der Waals surface area contributed by atoms with Crippen molar-refractivity contribution in [1.29, 1.82) is 0 Å². The normalized spacial score (nSPS) is 54.7. The zero-order valence-electron chi connectivity index (χ0n) is 7.72. The monoisotopic (exact) mass is 201 g/mol. The van der Waals surface area contributed by atoms with Crippen molar-refractivity contribution in [2.24, 2.45) is 11.8 Å². The van der Waals surface area contributed by atoms with Crippen LogP contribution in [-0.2, 0) is 4.52 Å². The molecule has 0 aromatic heterocycles. The van der Waals surface area contributed by atoms with E-state index in [-0.39, 0.29) is 0 Å². The van der Waals surface area contributed by atoms with Crippen molar-refractivity contribution in [1.82, 2.24) is 4.67 Å². The highest BCUT2D eigenvalue weighted by Crippen LogP contribution is 2.54. The van der Waals surface area contributed by atoms with Crippen LogP contribution < -0.4 is 0 Å². The average Bonchev–Trinajstić information content (AvgIpc) is 2.48. The quantitative estimate of drug-likeness (QED) is 0.606. The highest BCUT2D eigenvalue weighted by molar-refractivity contribution is 7.43. The molecule has 0 spiro atoms. The second-order valence-corrected chi connectivity index (χ2v) is 5.72. The third-order valence-electron chi connectivity index (χ3n) is 3.82. The summed E-state index contributed by atoms with van der Waals surface area (Å²) in [7, 11) is -1.22. The van der Waals surface area contributed by atoms with Crippen molar-refractivity contribution >= 4 is 8.53 Å². The highest BCUT2D eigenvalue weighted by atomic mass is 31.2. The second-order valence-electron chi connectivity index (χ2n) is 4.45. The van der Waals surface area contributed by atoms with E-state index >= 15 is 0 Å². The summed E-state index contributed by atoms with van der Waals surface area (Å²) in [4.78, 5) is 9.70. The second kappa shape index (κ2) is 3.16. The van der Waals surface area contributed by atoms with Gasteiger partial charge in [-0.05, 0) is 18.8 Å². The Morgan fingerprint density at radius 3 is 3.08 bits per heavy atom. The molecule has 0 amide bonds. The van der Waals surface area contributed by atoms with Gasteiger partial charge in [0.1, 0.15) is 0 Å². The van der Waals surface area contributed by atoms with Crippen molar-refractivity contribution in [3.8, 4) is 0 Å². The smallest absolute Gasteiger partial charge is 0.256 e. The maximum absolute atomic E-state index is 9.70. The average molecular weight is 201 g/mol. The summed E-state index contributed by atoms with van der Waals surface area (Å²) >= 11 is 0. The van der Waals surface area contributed by atoms with Crippen LogP contribution in [0.2, 0.25) is 0 Å². The van der Waals surface area contributed by atoms with E-state index in [4.69, 9.17) is 4.52 Å². The van der Waals surface area contributed by atoms with Gasteiger partial charge in [-0.15, -0.1) is 0 Å². The zero-order chi connectivity index (χ0) is 8.84. The fourth-order valence-corrected chi connectivity index (χ4v) is 4.54. The summed E-state index contributed by atoms with van der Waals surface area (Å²) in [5.41, 5.74) is 0. The lowest BCUT2D eigenvalue weighted by Gasteiger charge is -2.31. The molecule has 74 valence electrons. The third kappa shape index (κ3) is 1.25. The first kappa shape index (κ1) is 8.60. The molecule has 0 aromatic carbocycles. The van der Waals surface area contributed by atoms with Gasteiger partial charge in [0.2, 0.25) is 0 Å². The van der Waals surface area contributed by atoms with Crippen molar-refractivity contribution < 1.29 is 9.42 Å². The van der Waals surface area contributed by atoms with Gasteiger partial charge in [-0.25, -0.2) is 4.67 Å². The third-order valence-corrected chi connectivity index (χ3v) is 5.09. The molecule has 2 heterocycles. The molecule has 5 atom stereocenters. The molecule has 1 aliphatic carbocycles. The van der Waals surface area contributed by atoms with Crippen LogP contribution in [-0.4, -0.2) is 28.8 Å². The Balaban J connectivity index is 1.85. The Morgan fingerprint density at radius 1 is 1.31 bits per heavy atom. The number of hydrogen-bond donors (Lipinski definition) is 1. The minimum atomic E-state index is -1.22. The van der Waals surface area contributed by atoms with Crippen LogP contribution in [0.15, 0.2) is 0 Å². The SMILES string of the molecule is OP1OCC2CN1C1CCCCC21. The molecule has 3 rings (SSSR count). The van der Waals surface area contributed by atoms with E-state index in [1.54, 1.807) is 0 Å². The molecule has 2 saturated heterocycles. The number of nitrogens with zero attached hydrogens (tertiary/aromatic N) is 1. The molecule has 3 nitrogen and oxygen atoms in total.